The summed E-state index contributed by atoms with van der Waals surface area (Å²) < 4.78 is 5.50. The second-order valence-electron chi connectivity index (χ2n) is 7.00. The summed E-state index contributed by atoms with van der Waals surface area (Å²) in [6, 6.07) is 3.75. The standard InChI is InChI=1S/C18H27N3O3/c1-5-21(17(23)24-18(2,3)4)16-14(9-8-11-19-16)15-10-6-7-12-20(15)13-22/h8-9,11,13,15H,5-7,10,12H2,1-4H3. The number of rotatable bonds is 4. The van der Waals surface area contributed by atoms with Crippen LogP contribution in [0.1, 0.15) is 58.6 Å². The fourth-order valence-electron chi connectivity index (χ4n) is 2.99. The van der Waals surface area contributed by atoms with E-state index in [4.69, 9.17) is 4.74 Å². The fourth-order valence-corrected chi connectivity index (χ4v) is 2.99. The molecule has 0 radical (unpaired) electrons. The number of anilines is 1. The molecule has 2 rings (SSSR count). The highest BCUT2D eigenvalue weighted by atomic mass is 16.6. The normalized spacial score (nSPS) is 18.2. The van der Waals surface area contributed by atoms with E-state index >= 15 is 0 Å². The van der Waals surface area contributed by atoms with E-state index in [1.807, 2.05) is 39.8 Å². The maximum absolute atomic E-state index is 12.6. The number of hydrogen-bond acceptors (Lipinski definition) is 4. The minimum atomic E-state index is -0.570. The molecule has 1 aromatic heterocycles. The number of aromatic nitrogens is 1. The Balaban J connectivity index is 2.35. The van der Waals surface area contributed by atoms with E-state index in [9.17, 15) is 9.59 Å². The van der Waals surface area contributed by atoms with E-state index in [-0.39, 0.29) is 6.04 Å². The van der Waals surface area contributed by atoms with Gasteiger partial charge in [-0.25, -0.2) is 9.78 Å². The van der Waals surface area contributed by atoms with Gasteiger partial charge in [-0.1, -0.05) is 6.07 Å². The number of carbonyl (C=O) groups is 2. The molecule has 1 atom stereocenters. The van der Waals surface area contributed by atoms with Crippen LogP contribution in [0.2, 0.25) is 0 Å². The molecule has 1 aromatic rings. The highest BCUT2D eigenvalue weighted by molar-refractivity contribution is 5.87. The van der Waals surface area contributed by atoms with Gasteiger partial charge >= 0.3 is 6.09 Å². The summed E-state index contributed by atoms with van der Waals surface area (Å²) in [6.07, 6.45) is 5.09. The van der Waals surface area contributed by atoms with E-state index in [2.05, 4.69) is 4.98 Å². The number of amides is 2. The van der Waals surface area contributed by atoms with Gasteiger partial charge in [-0.05, 0) is 53.0 Å². The zero-order valence-corrected chi connectivity index (χ0v) is 15.0. The van der Waals surface area contributed by atoms with Gasteiger partial charge in [0.05, 0.1) is 6.04 Å². The van der Waals surface area contributed by atoms with Crippen LogP contribution in [0.25, 0.3) is 0 Å². The number of hydrogen-bond donors (Lipinski definition) is 0. The molecule has 6 nitrogen and oxygen atoms in total. The third-order valence-corrected chi connectivity index (χ3v) is 4.04. The predicted octanol–water partition coefficient (Wildman–Crippen LogP) is 3.53. The van der Waals surface area contributed by atoms with Crippen molar-refractivity contribution in [3.63, 3.8) is 0 Å². The average Bonchev–Trinajstić information content (AvgIpc) is 2.54. The van der Waals surface area contributed by atoms with Crippen molar-refractivity contribution in [2.45, 2.75) is 58.6 Å². The Kier molecular flexibility index (Phi) is 5.80. The van der Waals surface area contributed by atoms with Crippen LogP contribution in [0.4, 0.5) is 10.6 Å². The predicted molar refractivity (Wildman–Crippen MR) is 92.9 cm³/mol. The Morgan fingerprint density at radius 1 is 1.46 bits per heavy atom. The first kappa shape index (κ1) is 18.2. The molecule has 1 aliphatic heterocycles. The maximum Gasteiger partial charge on any atom is 0.415 e. The van der Waals surface area contributed by atoms with E-state index < -0.39 is 11.7 Å². The molecule has 1 unspecified atom stereocenters. The highest BCUT2D eigenvalue weighted by Crippen LogP contribution is 2.34. The van der Waals surface area contributed by atoms with Crippen molar-refractivity contribution in [1.29, 1.82) is 0 Å². The summed E-state index contributed by atoms with van der Waals surface area (Å²) in [4.78, 5) is 31.7. The quantitative estimate of drug-likeness (QED) is 0.791. The van der Waals surface area contributed by atoms with E-state index in [0.717, 1.165) is 37.8 Å². The van der Waals surface area contributed by atoms with Gasteiger partial charge in [0.1, 0.15) is 11.4 Å². The van der Waals surface area contributed by atoms with Crippen molar-refractivity contribution in [2.24, 2.45) is 0 Å². The monoisotopic (exact) mass is 333 g/mol. The molecule has 6 heteroatoms. The van der Waals surface area contributed by atoms with Gasteiger partial charge in [0, 0.05) is 24.8 Å². The third kappa shape index (κ3) is 4.24. The van der Waals surface area contributed by atoms with Gasteiger partial charge in [-0.15, -0.1) is 0 Å². The van der Waals surface area contributed by atoms with Crippen LogP contribution in [-0.2, 0) is 9.53 Å². The summed E-state index contributed by atoms with van der Waals surface area (Å²) >= 11 is 0. The van der Waals surface area contributed by atoms with Gasteiger partial charge in [-0.2, -0.15) is 0 Å². The summed E-state index contributed by atoms with van der Waals surface area (Å²) in [5.74, 6) is 0.577. The molecule has 1 aliphatic rings. The van der Waals surface area contributed by atoms with Crippen molar-refractivity contribution >= 4 is 18.3 Å². The lowest BCUT2D eigenvalue weighted by Crippen LogP contribution is -2.39. The van der Waals surface area contributed by atoms with Gasteiger partial charge in [0.15, 0.2) is 0 Å². The summed E-state index contributed by atoms with van der Waals surface area (Å²) in [7, 11) is 0. The molecular weight excluding hydrogens is 306 g/mol. The molecule has 1 fully saturated rings. The van der Waals surface area contributed by atoms with Gasteiger partial charge in [-0.3, -0.25) is 9.69 Å². The summed E-state index contributed by atoms with van der Waals surface area (Å²) in [5.41, 5.74) is 0.330. The number of pyridine rings is 1. The van der Waals surface area contributed by atoms with Crippen molar-refractivity contribution < 1.29 is 14.3 Å². The molecule has 2 amide bonds. The Hall–Kier alpha value is -2.11. The van der Waals surface area contributed by atoms with Crippen molar-refractivity contribution in [1.82, 2.24) is 9.88 Å². The van der Waals surface area contributed by atoms with E-state index in [1.54, 1.807) is 11.1 Å². The number of ether oxygens (including phenoxy) is 1. The second-order valence-corrected chi connectivity index (χ2v) is 7.00. The second kappa shape index (κ2) is 7.64. The van der Waals surface area contributed by atoms with Crippen LogP contribution >= 0.6 is 0 Å². The largest absolute Gasteiger partial charge is 0.443 e. The smallest absolute Gasteiger partial charge is 0.415 e. The van der Waals surface area contributed by atoms with Crippen LogP contribution in [0.15, 0.2) is 18.3 Å². The molecule has 24 heavy (non-hydrogen) atoms. The van der Waals surface area contributed by atoms with Crippen molar-refractivity contribution in [2.75, 3.05) is 18.0 Å². The van der Waals surface area contributed by atoms with E-state index in [0.29, 0.717) is 12.4 Å². The van der Waals surface area contributed by atoms with Crippen LogP contribution in [-0.4, -0.2) is 41.1 Å². The minimum Gasteiger partial charge on any atom is -0.443 e. The first-order valence-corrected chi connectivity index (χ1v) is 8.54. The molecule has 0 saturated carbocycles. The summed E-state index contributed by atoms with van der Waals surface area (Å²) in [6.45, 7) is 8.60. The Labute approximate surface area is 143 Å². The molecule has 0 aliphatic carbocycles. The highest BCUT2D eigenvalue weighted by Gasteiger charge is 2.30. The molecule has 132 valence electrons. The minimum absolute atomic E-state index is 0.0450. The molecule has 0 bridgehead atoms. The van der Waals surface area contributed by atoms with Gasteiger partial charge in [0.25, 0.3) is 0 Å². The van der Waals surface area contributed by atoms with Crippen molar-refractivity contribution in [3.05, 3.63) is 23.9 Å². The lowest BCUT2D eigenvalue weighted by molar-refractivity contribution is -0.121. The average molecular weight is 333 g/mol. The Bertz CT molecular complexity index is 583. The maximum atomic E-state index is 12.6. The summed E-state index contributed by atoms with van der Waals surface area (Å²) in [5, 5.41) is 0. The van der Waals surface area contributed by atoms with Crippen LogP contribution in [0.3, 0.4) is 0 Å². The molecule has 0 N–H and O–H groups in total. The first-order valence-electron chi connectivity index (χ1n) is 8.54. The van der Waals surface area contributed by atoms with Crippen LogP contribution in [0.5, 0.6) is 0 Å². The molecule has 0 spiro atoms. The fraction of sp³-hybridized carbons (Fsp3) is 0.611. The lowest BCUT2D eigenvalue weighted by Gasteiger charge is -2.35. The Morgan fingerprint density at radius 3 is 2.83 bits per heavy atom. The number of likely N-dealkylation sites (tertiary alicyclic amines) is 1. The molecule has 2 heterocycles. The SMILES string of the molecule is CCN(C(=O)OC(C)(C)C)c1ncccc1C1CCCCN1C=O. The van der Waals surface area contributed by atoms with Gasteiger partial charge in [0.2, 0.25) is 6.41 Å². The molecule has 1 saturated heterocycles. The Morgan fingerprint density at radius 2 is 2.21 bits per heavy atom. The first-order chi connectivity index (χ1) is 11.4. The van der Waals surface area contributed by atoms with Crippen molar-refractivity contribution in [3.8, 4) is 0 Å². The number of piperidine rings is 1. The van der Waals surface area contributed by atoms with Gasteiger partial charge < -0.3 is 9.64 Å². The van der Waals surface area contributed by atoms with E-state index in [1.165, 1.54) is 4.90 Å². The molecule has 0 aromatic carbocycles. The zero-order chi connectivity index (χ0) is 17.7. The number of carbonyl (C=O) groups excluding carboxylic acids is 2. The van der Waals surface area contributed by atoms with Crippen LogP contribution in [0, 0.1) is 0 Å². The topological polar surface area (TPSA) is 62.7 Å². The lowest BCUT2D eigenvalue weighted by atomic mass is 9.96. The molecular formula is C18H27N3O3. The van der Waals surface area contributed by atoms with Crippen LogP contribution < -0.4 is 4.90 Å². The third-order valence-electron chi connectivity index (χ3n) is 4.04. The zero-order valence-electron chi connectivity index (χ0n) is 15.0. The number of nitrogens with zero attached hydrogens (tertiary/aromatic N) is 3.